The smallest absolute Gasteiger partial charge is 0.0835 e. The van der Waals surface area contributed by atoms with Crippen LogP contribution in [0.15, 0.2) is 59.8 Å². The second-order valence-corrected chi connectivity index (χ2v) is 7.95. The van der Waals surface area contributed by atoms with Crippen LogP contribution in [-0.4, -0.2) is 47.0 Å². The van der Waals surface area contributed by atoms with Crippen molar-refractivity contribution in [1.82, 2.24) is 0 Å². The molecule has 0 atom stereocenters. The molecule has 0 aromatic heterocycles. The minimum Gasteiger partial charge on any atom is -0.122 e. The van der Waals surface area contributed by atoms with Gasteiger partial charge in [0.15, 0.2) is 0 Å². The van der Waals surface area contributed by atoms with E-state index in [-0.39, 0.29) is 0 Å². The quantitative estimate of drug-likeness (QED) is 0.117. The van der Waals surface area contributed by atoms with Gasteiger partial charge in [0.25, 0.3) is 0 Å². The van der Waals surface area contributed by atoms with E-state index in [1.165, 1.54) is 0 Å². The van der Waals surface area contributed by atoms with Crippen molar-refractivity contribution in [2.75, 3.05) is 47.0 Å². The van der Waals surface area contributed by atoms with Crippen molar-refractivity contribution in [2.24, 2.45) is 0 Å². The fraction of sp³-hybridized carbons (Fsp3) is 0.500. The molecule has 0 radical (unpaired) electrons. The largest absolute Gasteiger partial charge is 0.122 e. The lowest BCUT2D eigenvalue weighted by molar-refractivity contribution is 1.37. The molecule has 0 aromatic carbocycles. The topological polar surface area (TPSA) is 0 Å². The van der Waals surface area contributed by atoms with Gasteiger partial charge < -0.3 is 0 Å². The maximum absolute atomic E-state index is 5.40. The van der Waals surface area contributed by atoms with Crippen LogP contribution in [-0.2, 0) is 0 Å². The maximum atomic E-state index is 5.40. The van der Waals surface area contributed by atoms with Crippen LogP contribution in [0, 0.1) is 11.8 Å². The summed E-state index contributed by atoms with van der Waals surface area (Å²) in [4.78, 5) is 0. The minimum absolute atomic E-state index is 0.382. The molecule has 0 saturated heterocycles. The van der Waals surface area contributed by atoms with Gasteiger partial charge in [-0.05, 0) is 27.7 Å². The first-order valence-electron chi connectivity index (χ1n) is 9.30. The first-order valence-corrected chi connectivity index (χ1v) is 13.6. The van der Waals surface area contributed by atoms with E-state index in [9.17, 15) is 0 Å². The van der Waals surface area contributed by atoms with Crippen LogP contribution in [0.25, 0.3) is 0 Å². The molecule has 0 saturated carbocycles. The number of alkyl halides is 8. The highest BCUT2D eigenvalue weighted by Crippen LogP contribution is 1.96. The molecule has 0 aliphatic heterocycles. The Kier molecular flexibility index (Phi) is 55.8. The SMILES string of the molecule is C/C(=C/CCl)CCl.C/C(=C/CCl)CCl.C/C(=C/CCl)CCl.C=CC(=C)C.ClCC#CCCl. The normalized spacial score (nSPS) is 10.2. The van der Waals surface area contributed by atoms with Crippen LogP contribution in [0.4, 0.5) is 0 Å². The molecule has 0 aliphatic rings. The molecule has 32 heavy (non-hydrogen) atoms. The lowest BCUT2D eigenvalue weighted by atomic mass is 10.3. The van der Waals surface area contributed by atoms with Gasteiger partial charge in [0, 0.05) is 35.3 Å². The van der Waals surface area contributed by atoms with E-state index in [2.05, 4.69) is 25.0 Å². The van der Waals surface area contributed by atoms with Gasteiger partial charge >= 0.3 is 0 Å². The lowest BCUT2D eigenvalue weighted by Gasteiger charge is -1.85. The van der Waals surface area contributed by atoms with Crippen LogP contribution < -0.4 is 0 Å². The second-order valence-electron chi connectivity index (χ2n) is 5.69. The summed E-state index contributed by atoms with van der Waals surface area (Å²) in [7, 11) is 0. The number of rotatable bonds is 7. The van der Waals surface area contributed by atoms with Gasteiger partial charge in [0.1, 0.15) is 0 Å². The van der Waals surface area contributed by atoms with Gasteiger partial charge in [-0.2, -0.15) is 0 Å². The third-order valence-corrected chi connectivity index (χ3v) is 4.51. The standard InChI is InChI=1S/3C5H8Cl2.C5H8.C4H4Cl2/c3*1-5(4-7)2-3-6;1-4-5(2)3;5-3-1-2-4-6/h3*2H,3-4H2,1H3;4H,1-2H2,3H3;3-4H2/b3*5-2-;;. The van der Waals surface area contributed by atoms with E-state index < -0.39 is 0 Å². The molecule has 0 bridgehead atoms. The summed E-state index contributed by atoms with van der Waals surface area (Å²) in [6, 6.07) is 0. The average Bonchev–Trinajstić information content (AvgIpc) is 2.79. The first-order chi connectivity index (χ1) is 15.1. The van der Waals surface area contributed by atoms with Crippen molar-refractivity contribution in [2.45, 2.75) is 27.7 Å². The van der Waals surface area contributed by atoms with Gasteiger partial charge in [-0.15, -0.1) is 92.8 Å². The molecule has 0 nitrogen and oxygen atoms in total. The van der Waals surface area contributed by atoms with Crippen LogP contribution in [0.2, 0.25) is 0 Å². The van der Waals surface area contributed by atoms with Gasteiger partial charge in [-0.1, -0.05) is 71.6 Å². The number of hydrogen-bond donors (Lipinski definition) is 0. The summed E-state index contributed by atoms with van der Waals surface area (Å²) < 4.78 is 0. The van der Waals surface area contributed by atoms with Crippen molar-refractivity contribution in [3.8, 4) is 11.8 Å². The van der Waals surface area contributed by atoms with Crippen LogP contribution in [0.3, 0.4) is 0 Å². The summed E-state index contributed by atoms with van der Waals surface area (Å²) in [5.41, 5.74) is 4.43. The zero-order chi connectivity index (χ0) is 26.2. The van der Waals surface area contributed by atoms with Crippen LogP contribution in [0.1, 0.15) is 27.7 Å². The molecule has 0 heterocycles. The van der Waals surface area contributed by atoms with Gasteiger partial charge in [-0.25, -0.2) is 0 Å². The molecule has 0 aromatic rings. The highest BCUT2D eigenvalue weighted by Gasteiger charge is 1.80. The fourth-order valence-corrected chi connectivity index (χ4v) is 1.96. The van der Waals surface area contributed by atoms with E-state index in [4.69, 9.17) is 92.8 Å². The fourth-order valence-electron chi connectivity index (χ4n) is 0.653. The van der Waals surface area contributed by atoms with Gasteiger partial charge in [0.05, 0.1) is 11.8 Å². The van der Waals surface area contributed by atoms with E-state index in [1.807, 2.05) is 45.9 Å². The molecular weight excluding hydrogens is 572 g/mol. The Hall–Kier alpha value is 0.580. The highest BCUT2D eigenvalue weighted by molar-refractivity contribution is 6.21. The maximum Gasteiger partial charge on any atom is 0.0835 e. The summed E-state index contributed by atoms with van der Waals surface area (Å²) in [5.74, 6) is 9.40. The minimum atomic E-state index is 0.382. The highest BCUT2D eigenvalue weighted by atomic mass is 35.5. The first kappa shape index (κ1) is 42.7. The molecule has 0 N–H and O–H groups in total. The van der Waals surface area contributed by atoms with Crippen LogP contribution in [0.5, 0.6) is 0 Å². The predicted molar refractivity (Wildman–Crippen MR) is 160 cm³/mol. The Balaban J connectivity index is -0.0000000954. The van der Waals surface area contributed by atoms with E-state index in [1.54, 1.807) is 6.08 Å². The Morgan fingerprint density at radius 3 is 0.875 bits per heavy atom. The summed E-state index contributed by atoms with van der Waals surface area (Å²) in [6.45, 7) is 14.8. The van der Waals surface area contributed by atoms with E-state index in [0.717, 1.165) is 22.3 Å². The number of hydrogen-bond acceptors (Lipinski definition) is 0. The average molecular weight is 608 g/mol. The monoisotopic (exact) mass is 604 g/mol. The van der Waals surface area contributed by atoms with Gasteiger partial charge in [-0.3, -0.25) is 0 Å². The van der Waals surface area contributed by atoms with E-state index >= 15 is 0 Å². The lowest BCUT2D eigenvalue weighted by Crippen LogP contribution is -1.75. The third kappa shape index (κ3) is 63.2. The zero-order valence-electron chi connectivity index (χ0n) is 19.4. The Bertz CT molecular complexity index is 497. The Morgan fingerprint density at radius 2 is 0.812 bits per heavy atom. The second kappa shape index (κ2) is 41.8. The molecule has 0 amide bonds. The molecule has 8 heteroatoms. The summed E-state index contributed by atoms with van der Waals surface area (Å²) >= 11 is 42.5. The molecule has 188 valence electrons. The predicted octanol–water partition coefficient (Wildman–Crippen LogP) is 10.4. The summed E-state index contributed by atoms with van der Waals surface area (Å²) in [6.07, 6.45) is 7.41. The zero-order valence-corrected chi connectivity index (χ0v) is 25.5. The van der Waals surface area contributed by atoms with Crippen molar-refractivity contribution >= 4 is 92.8 Å². The molecule has 0 spiro atoms. The Labute approximate surface area is 237 Å². The molecular formula is C24H36Cl8. The van der Waals surface area contributed by atoms with Crippen molar-refractivity contribution in [3.05, 3.63) is 59.8 Å². The molecule has 0 aliphatic carbocycles. The van der Waals surface area contributed by atoms with Gasteiger partial charge in [0.2, 0.25) is 0 Å². The van der Waals surface area contributed by atoms with Crippen LogP contribution >= 0.6 is 92.8 Å². The number of allylic oxidation sites excluding steroid dienone is 8. The van der Waals surface area contributed by atoms with Crippen molar-refractivity contribution in [1.29, 1.82) is 0 Å². The molecule has 0 unspecified atom stereocenters. The molecule has 0 rings (SSSR count). The van der Waals surface area contributed by atoms with E-state index in [0.29, 0.717) is 47.0 Å². The summed E-state index contributed by atoms with van der Waals surface area (Å²) in [5, 5.41) is 0. The van der Waals surface area contributed by atoms with Crippen molar-refractivity contribution < 1.29 is 0 Å². The Morgan fingerprint density at radius 1 is 0.594 bits per heavy atom. The number of halogens is 8. The molecule has 0 fully saturated rings. The third-order valence-electron chi connectivity index (χ3n) is 2.52. The van der Waals surface area contributed by atoms with Crippen molar-refractivity contribution in [3.63, 3.8) is 0 Å².